The zero-order valence-corrected chi connectivity index (χ0v) is 10.2. The minimum absolute atomic E-state index is 0.873. The standard InChI is InChI=1S/C13H26N2/c1-3-11-15(4-2)12-7-5-6-10-14-13-8-9-13/h3,13-14H,1,4-12H2,2H3. The molecule has 0 aromatic carbocycles. The van der Waals surface area contributed by atoms with Crippen molar-refractivity contribution in [2.24, 2.45) is 0 Å². The summed E-state index contributed by atoms with van der Waals surface area (Å²) in [7, 11) is 0. The number of unbranched alkanes of at least 4 members (excludes halogenated alkanes) is 2. The van der Waals surface area contributed by atoms with Crippen molar-refractivity contribution in [2.45, 2.75) is 45.1 Å². The Morgan fingerprint density at radius 1 is 1.33 bits per heavy atom. The summed E-state index contributed by atoms with van der Waals surface area (Å²) in [5, 5.41) is 3.55. The van der Waals surface area contributed by atoms with E-state index in [1.54, 1.807) is 0 Å². The Hall–Kier alpha value is -0.340. The molecule has 15 heavy (non-hydrogen) atoms. The van der Waals surface area contributed by atoms with Gasteiger partial charge in [-0.1, -0.05) is 19.4 Å². The maximum absolute atomic E-state index is 3.78. The van der Waals surface area contributed by atoms with E-state index in [1.165, 1.54) is 45.2 Å². The monoisotopic (exact) mass is 210 g/mol. The second-order valence-corrected chi connectivity index (χ2v) is 4.47. The Morgan fingerprint density at radius 3 is 2.73 bits per heavy atom. The Balaban J connectivity index is 1.83. The molecule has 2 nitrogen and oxygen atoms in total. The summed E-state index contributed by atoms with van der Waals surface area (Å²) < 4.78 is 0. The van der Waals surface area contributed by atoms with Crippen molar-refractivity contribution in [1.29, 1.82) is 0 Å². The van der Waals surface area contributed by atoms with Crippen LogP contribution in [0.25, 0.3) is 0 Å². The normalized spacial score (nSPS) is 15.9. The van der Waals surface area contributed by atoms with E-state index < -0.39 is 0 Å². The van der Waals surface area contributed by atoms with Crippen LogP contribution in [-0.2, 0) is 0 Å². The first-order valence-corrected chi connectivity index (χ1v) is 6.43. The van der Waals surface area contributed by atoms with Crippen LogP contribution in [0.1, 0.15) is 39.0 Å². The van der Waals surface area contributed by atoms with Crippen molar-refractivity contribution < 1.29 is 0 Å². The fraction of sp³-hybridized carbons (Fsp3) is 0.846. The molecule has 0 radical (unpaired) electrons. The van der Waals surface area contributed by atoms with Crippen LogP contribution in [-0.4, -0.2) is 37.1 Å². The minimum Gasteiger partial charge on any atom is -0.314 e. The Labute approximate surface area is 94.7 Å². The summed E-state index contributed by atoms with van der Waals surface area (Å²) in [4.78, 5) is 2.45. The molecule has 0 aromatic heterocycles. The van der Waals surface area contributed by atoms with E-state index in [0.717, 1.165) is 19.1 Å². The summed E-state index contributed by atoms with van der Waals surface area (Å²) in [5.41, 5.74) is 0. The van der Waals surface area contributed by atoms with Gasteiger partial charge in [-0.15, -0.1) is 6.58 Å². The van der Waals surface area contributed by atoms with Gasteiger partial charge in [0.15, 0.2) is 0 Å². The number of likely N-dealkylation sites (N-methyl/N-ethyl adjacent to an activating group) is 1. The fourth-order valence-electron chi connectivity index (χ4n) is 1.79. The van der Waals surface area contributed by atoms with Crippen LogP contribution in [0.15, 0.2) is 12.7 Å². The molecule has 1 N–H and O–H groups in total. The van der Waals surface area contributed by atoms with Crippen LogP contribution in [0.3, 0.4) is 0 Å². The molecule has 1 fully saturated rings. The van der Waals surface area contributed by atoms with Crippen LogP contribution in [0.4, 0.5) is 0 Å². The maximum Gasteiger partial charge on any atom is 0.0160 e. The number of rotatable bonds is 10. The van der Waals surface area contributed by atoms with Gasteiger partial charge in [0.2, 0.25) is 0 Å². The quantitative estimate of drug-likeness (QED) is 0.440. The molecule has 1 aliphatic rings. The van der Waals surface area contributed by atoms with Gasteiger partial charge >= 0.3 is 0 Å². The molecule has 0 saturated heterocycles. The summed E-state index contributed by atoms with van der Waals surface area (Å²) in [6.45, 7) is 10.6. The van der Waals surface area contributed by atoms with E-state index >= 15 is 0 Å². The third-order valence-electron chi connectivity index (χ3n) is 3.00. The molecule has 0 aromatic rings. The van der Waals surface area contributed by atoms with Crippen molar-refractivity contribution in [2.75, 3.05) is 26.2 Å². The lowest BCUT2D eigenvalue weighted by Crippen LogP contribution is -2.24. The third kappa shape index (κ3) is 6.69. The average molecular weight is 210 g/mol. The fourth-order valence-corrected chi connectivity index (χ4v) is 1.79. The van der Waals surface area contributed by atoms with Gasteiger partial charge in [-0.05, 0) is 45.3 Å². The highest BCUT2D eigenvalue weighted by Crippen LogP contribution is 2.18. The second kappa shape index (κ2) is 7.89. The van der Waals surface area contributed by atoms with E-state index in [-0.39, 0.29) is 0 Å². The SMILES string of the molecule is C=CCN(CC)CCCCCNC1CC1. The van der Waals surface area contributed by atoms with Crippen molar-refractivity contribution >= 4 is 0 Å². The number of nitrogens with one attached hydrogen (secondary N) is 1. The second-order valence-electron chi connectivity index (χ2n) is 4.47. The Bertz CT molecular complexity index is 164. The van der Waals surface area contributed by atoms with Gasteiger partial charge in [0.05, 0.1) is 0 Å². The molecule has 88 valence electrons. The largest absolute Gasteiger partial charge is 0.314 e. The molecular formula is C13H26N2. The summed E-state index contributed by atoms with van der Waals surface area (Å²) in [5.74, 6) is 0. The van der Waals surface area contributed by atoms with Crippen LogP contribution < -0.4 is 5.32 Å². The smallest absolute Gasteiger partial charge is 0.0160 e. The van der Waals surface area contributed by atoms with Crippen molar-refractivity contribution in [3.8, 4) is 0 Å². The number of hydrogen-bond donors (Lipinski definition) is 1. The molecule has 2 heteroatoms. The first-order valence-electron chi connectivity index (χ1n) is 6.43. The highest BCUT2D eigenvalue weighted by molar-refractivity contribution is 4.80. The predicted octanol–water partition coefficient (Wildman–Crippen LogP) is 2.42. The summed E-state index contributed by atoms with van der Waals surface area (Å²) >= 11 is 0. The number of nitrogens with zero attached hydrogens (tertiary/aromatic N) is 1. The molecule has 0 unspecified atom stereocenters. The molecule has 0 amide bonds. The van der Waals surface area contributed by atoms with Crippen LogP contribution >= 0.6 is 0 Å². The lowest BCUT2D eigenvalue weighted by molar-refractivity contribution is 0.310. The van der Waals surface area contributed by atoms with Crippen LogP contribution in [0, 0.1) is 0 Å². The highest BCUT2D eigenvalue weighted by Gasteiger charge is 2.19. The van der Waals surface area contributed by atoms with Gasteiger partial charge in [0.25, 0.3) is 0 Å². The van der Waals surface area contributed by atoms with Crippen molar-refractivity contribution in [3.05, 3.63) is 12.7 Å². The van der Waals surface area contributed by atoms with Gasteiger partial charge in [-0.2, -0.15) is 0 Å². The zero-order valence-electron chi connectivity index (χ0n) is 10.2. The van der Waals surface area contributed by atoms with Gasteiger partial charge in [0.1, 0.15) is 0 Å². The van der Waals surface area contributed by atoms with Crippen LogP contribution in [0.2, 0.25) is 0 Å². The van der Waals surface area contributed by atoms with Crippen molar-refractivity contribution in [3.63, 3.8) is 0 Å². The van der Waals surface area contributed by atoms with Gasteiger partial charge in [-0.3, -0.25) is 4.90 Å². The average Bonchev–Trinajstić information content (AvgIpc) is 3.05. The van der Waals surface area contributed by atoms with Crippen LogP contribution in [0.5, 0.6) is 0 Å². The molecule has 0 spiro atoms. The summed E-state index contributed by atoms with van der Waals surface area (Å²) in [6.07, 6.45) is 8.83. The van der Waals surface area contributed by atoms with E-state index in [2.05, 4.69) is 23.7 Å². The molecule has 1 rings (SSSR count). The van der Waals surface area contributed by atoms with Gasteiger partial charge < -0.3 is 5.32 Å². The van der Waals surface area contributed by atoms with E-state index in [4.69, 9.17) is 0 Å². The molecule has 0 heterocycles. The number of hydrogen-bond acceptors (Lipinski definition) is 2. The van der Waals surface area contributed by atoms with E-state index in [0.29, 0.717) is 0 Å². The Kier molecular flexibility index (Phi) is 6.69. The first kappa shape index (κ1) is 12.7. The van der Waals surface area contributed by atoms with E-state index in [9.17, 15) is 0 Å². The third-order valence-corrected chi connectivity index (χ3v) is 3.00. The first-order chi connectivity index (χ1) is 7.36. The Morgan fingerprint density at radius 2 is 2.13 bits per heavy atom. The maximum atomic E-state index is 3.78. The summed E-state index contributed by atoms with van der Waals surface area (Å²) in [6, 6.07) is 0.873. The minimum atomic E-state index is 0.873. The lowest BCUT2D eigenvalue weighted by atomic mass is 10.2. The molecule has 0 aliphatic heterocycles. The van der Waals surface area contributed by atoms with Crippen molar-refractivity contribution in [1.82, 2.24) is 10.2 Å². The molecule has 1 saturated carbocycles. The molecule has 0 bridgehead atoms. The lowest BCUT2D eigenvalue weighted by Gasteiger charge is -2.17. The topological polar surface area (TPSA) is 15.3 Å². The molecule has 0 atom stereocenters. The molecular weight excluding hydrogens is 184 g/mol. The van der Waals surface area contributed by atoms with Gasteiger partial charge in [-0.25, -0.2) is 0 Å². The molecule has 1 aliphatic carbocycles. The predicted molar refractivity (Wildman–Crippen MR) is 67.2 cm³/mol. The van der Waals surface area contributed by atoms with E-state index in [1.807, 2.05) is 6.08 Å². The zero-order chi connectivity index (χ0) is 10.9. The van der Waals surface area contributed by atoms with Gasteiger partial charge in [0, 0.05) is 12.6 Å². The highest BCUT2D eigenvalue weighted by atomic mass is 15.1.